The number of ketones is 1. The van der Waals surface area contributed by atoms with Crippen molar-refractivity contribution in [2.45, 2.75) is 25.4 Å². The minimum Gasteiger partial charge on any atom is -0.382 e. The highest BCUT2D eigenvalue weighted by Crippen LogP contribution is 2.27. The third kappa shape index (κ3) is 2.70. The van der Waals surface area contributed by atoms with Crippen LogP contribution in [-0.4, -0.2) is 40.4 Å². The first kappa shape index (κ1) is 14.6. The van der Waals surface area contributed by atoms with E-state index in [0.717, 1.165) is 18.2 Å². The number of piperidine rings is 1. The second kappa shape index (κ2) is 5.28. The van der Waals surface area contributed by atoms with Crippen LogP contribution in [0.15, 0.2) is 18.2 Å². The van der Waals surface area contributed by atoms with Gasteiger partial charge in [0.2, 0.25) is 5.91 Å². The van der Waals surface area contributed by atoms with E-state index in [9.17, 15) is 23.5 Å². The molecule has 0 spiro atoms. The van der Waals surface area contributed by atoms with Crippen molar-refractivity contribution in [3.8, 4) is 0 Å². The zero-order valence-corrected chi connectivity index (χ0v) is 11.0. The van der Waals surface area contributed by atoms with Gasteiger partial charge in [0.15, 0.2) is 5.78 Å². The van der Waals surface area contributed by atoms with Crippen molar-refractivity contribution in [2.24, 2.45) is 0 Å². The van der Waals surface area contributed by atoms with Gasteiger partial charge in [-0.1, -0.05) is 0 Å². The second-order valence-corrected chi connectivity index (χ2v) is 4.99. The summed E-state index contributed by atoms with van der Waals surface area (Å²) < 4.78 is 26.7. The predicted octanol–water partition coefficient (Wildman–Crippen LogP) is 1.52. The van der Waals surface area contributed by atoms with E-state index < -0.39 is 28.6 Å². The molecule has 1 saturated heterocycles. The fourth-order valence-electron chi connectivity index (χ4n) is 2.34. The van der Waals surface area contributed by atoms with Crippen molar-refractivity contribution in [3.63, 3.8) is 0 Å². The summed E-state index contributed by atoms with van der Waals surface area (Å²) in [7, 11) is 0. The Hall–Kier alpha value is -1.82. The number of amides is 1. The summed E-state index contributed by atoms with van der Waals surface area (Å²) in [5.74, 6) is -2.58. The summed E-state index contributed by atoms with van der Waals surface area (Å²) in [4.78, 5) is 24.9. The van der Waals surface area contributed by atoms with Crippen molar-refractivity contribution in [1.82, 2.24) is 4.90 Å². The minimum absolute atomic E-state index is 0.0152. The maximum Gasteiger partial charge on any atom is 0.219 e. The largest absolute Gasteiger partial charge is 0.382 e. The summed E-state index contributed by atoms with van der Waals surface area (Å²) in [6, 6.07) is 2.55. The summed E-state index contributed by atoms with van der Waals surface area (Å²) in [5, 5.41) is 10.3. The molecule has 1 aliphatic rings. The Bertz CT molecular complexity index is 551. The van der Waals surface area contributed by atoms with Gasteiger partial charge >= 0.3 is 0 Å². The number of aliphatic hydroxyl groups is 1. The molecule has 0 atom stereocenters. The third-order valence-corrected chi connectivity index (χ3v) is 3.63. The number of hydrogen-bond donors (Lipinski definition) is 1. The van der Waals surface area contributed by atoms with Crippen LogP contribution in [0.4, 0.5) is 8.78 Å². The Morgan fingerprint density at radius 2 is 1.85 bits per heavy atom. The van der Waals surface area contributed by atoms with Gasteiger partial charge in [-0.05, 0) is 18.2 Å². The molecule has 108 valence electrons. The summed E-state index contributed by atoms with van der Waals surface area (Å²) in [5.41, 5.74) is -2.20. The Labute approximate surface area is 115 Å². The molecule has 1 aromatic rings. The van der Waals surface area contributed by atoms with E-state index in [-0.39, 0.29) is 31.8 Å². The molecule has 0 saturated carbocycles. The lowest BCUT2D eigenvalue weighted by atomic mass is 9.84. The highest BCUT2D eigenvalue weighted by atomic mass is 19.1. The molecule has 0 bridgehead atoms. The lowest BCUT2D eigenvalue weighted by molar-refractivity contribution is -0.132. The normalized spacial score (nSPS) is 17.9. The van der Waals surface area contributed by atoms with E-state index in [1.165, 1.54) is 11.8 Å². The van der Waals surface area contributed by atoms with Gasteiger partial charge in [0.1, 0.15) is 17.2 Å². The molecular formula is C14H15F2NO3. The Kier molecular flexibility index (Phi) is 3.85. The first-order valence-corrected chi connectivity index (χ1v) is 6.31. The van der Waals surface area contributed by atoms with Crippen molar-refractivity contribution in [2.75, 3.05) is 13.1 Å². The minimum atomic E-state index is -1.75. The number of benzene rings is 1. The Morgan fingerprint density at radius 3 is 2.40 bits per heavy atom. The van der Waals surface area contributed by atoms with E-state index in [2.05, 4.69) is 0 Å². The number of halogens is 2. The van der Waals surface area contributed by atoms with E-state index in [0.29, 0.717) is 0 Å². The van der Waals surface area contributed by atoms with Crippen molar-refractivity contribution < 1.29 is 23.5 Å². The fraction of sp³-hybridized carbons (Fsp3) is 0.429. The van der Waals surface area contributed by atoms with Gasteiger partial charge in [0.05, 0.1) is 5.56 Å². The Morgan fingerprint density at radius 1 is 1.25 bits per heavy atom. The summed E-state index contributed by atoms with van der Waals surface area (Å²) in [6.07, 6.45) is 0.0305. The molecule has 1 amide bonds. The van der Waals surface area contributed by atoms with Crippen LogP contribution in [0.2, 0.25) is 0 Å². The maximum absolute atomic E-state index is 13.6. The summed E-state index contributed by atoms with van der Waals surface area (Å²) in [6.45, 7) is 1.83. The van der Waals surface area contributed by atoms with Gasteiger partial charge in [-0.15, -0.1) is 0 Å². The summed E-state index contributed by atoms with van der Waals surface area (Å²) >= 11 is 0. The van der Waals surface area contributed by atoms with Gasteiger partial charge in [-0.25, -0.2) is 8.78 Å². The first-order valence-electron chi connectivity index (χ1n) is 6.31. The van der Waals surface area contributed by atoms with Crippen molar-refractivity contribution in [1.29, 1.82) is 0 Å². The van der Waals surface area contributed by atoms with Crippen LogP contribution < -0.4 is 0 Å². The quantitative estimate of drug-likeness (QED) is 0.837. The third-order valence-electron chi connectivity index (χ3n) is 3.63. The van der Waals surface area contributed by atoms with Gasteiger partial charge in [-0.2, -0.15) is 0 Å². The van der Waals surface area contributed by atoms with E-state index in [4.69, 9.17) is 0 Å². The second-order valence-electron chi connectivity index (χ2n) is 4.99. The van der Waals surface area contributed by atoms with Crippen LogP contribution in [0.5, 0.6) is 0 Å². The molecule has 0 radical (unpaired) electrons. The van der Waals surface area contributed by atoms with Crippen molar-refractivity contribution in [3.05, 3.63) is 35.4 Å². The molecular weight excluding hydrogens is 268 g/mol. The molecule has 20 heavy (non-hydrogen) atoms. The number of Topliss-reactive ketones (excluding diaryl/α,β-unsaturated/α-hetero) is 1. The monoisotopic (exact) mass is 283 g/mol. The Balaban J connectivity index is 2.21. The molecule has 6 heteroatoms. The van der Waals surface area contributed by atoms with Gasteiger partial charge < -0.3 is 10.0 Å². The molecule has 1 aromatic carbocycles. The molecule has 2 rings (SSSR count). The van der Waals surface area contributed by atoms with Crippen molar-refractivity contribution >= 4 is 11.7 Å². The SMILES string of the molecule is CC(=O)N1CCC(O)(C(=O)c2cc(F)ccc2F)CC1. The zero-order valence-electron chi connectivity index (χ0n) is 11.0. The predicted molar refractivity (Wildman–Crippen MR) is 67.1 cm³/mol. The van der Waals surface area contributed by atoms with Gasteiger partial charge in [0.25, 0.3) is 0 Å². The van der Waals surface area contributed by atoms with Crippen LogP contribution in [0.1, 0.15) is 30.1 Å². The molecule has 1 N–H and O–H groups in total. The molecule has 1 fully saturated rings. The number of likely N-dealkylation sites (tertiary alicyclic amines) is 1. The highest BCUT2D eigenvalue weighted by molar-refractivity contribution is 6.02. The zero-order chi connectivity index (χ0) is 14.9. The first-order chi connectivity index (χ1) is 9.33. The van der Waals surface area contributed by atoms with Crippen LogP contribution in [0.25, 0.3) is 0 Å². The smallest absolute Gasteiger partial charge is 0.219 e. The number of nitrogens with zero attached hydrogens (tertiary/aromatic N) is 1. The van der Waals surface area contributed by atoms with Gasteiger partial charge in [0, 0.05) is 32.9 Å². The standard InChI is InChI=1S/C14H15F2NO3/c1-9(18)17-6-4-14(20,5-7-17)13(19)11-8-10(15)2-3-12(11)16/h2-3,8,20H,4-7H2,1H3. The molecule has 1 heterocycles. The fourth-order valence-corrected chi connectivity index (χ4v) is 2.34. The molecule has 0 aliphatic carbocycles. The topological polar surface area (TPSA) is 57.6 Å². The van der Waals surface area contributed by atoms with Gasteiger partial charge in [-0.3, -0.25) is 9.59 Å². The number of rotatable bonds is 2. The number of carbonyl (C=O) groups excluding carboxylic acids is 2. The van der Waals surface area contributed by atoms with E-state index >= 15 is 0 Å². The van der Waals surface area contributed by atoms with Crippen LogP contribution in [0, 0.1) is 11.6 Å². The maximum atomic E-state index is 13.6. The lowest BCUT2D eigenvalue weighted by Gasteiger charge is -2.36. The molecule has 0 unspecified atom stereocenters. The van der Waals surface area contributed by atoms with Crippen LogP contribution in [0.3, 0.4) is 0 Å². The van der Waals surface area contributed by atoms with Crippen LogP contribution >= 0.6 is 0 Å². The lowest BCUT2D eigenvalue weighted by Crippen LogP contribution is -2.50. The molecule has 1 aliphatic heterocycles. The average Bonchev–Trinajstić information content (AvgIpc) is 2.41. The van der Waals surface area contributed by atoms with E-state index in [1.807, 2.05) is 0 Å². The molecule has 4 nitrogen and oxygen atoms in total. The van der Waals surface area contributed by atoms with Crippen LogP contribution in [-0.2, 0) is 4.79 Å². The van der Waals surface area contributed by atoms with E-state index in [1.54, 1.807) is 0 Å². The molecule has 0 aromatic heterocycles. The highest BCUT2D eigenvalue weighted by Gasteiger charge is 2.41. The number of carbonyl (C=O) groups is 2. The number of hydrogen-bond acceptors (Lipinski definition) is 3. The average molecular weight is 283 g/mol.